The molecule has 0 saturated carbocycles. The molecule has 0 atom stereocenters. The van der Waals surface area contributed by atoms with Crippen molar-refractivity contribution in [3.63, 3.8) is 0 Å². The lowest BCUT2D eigenvalue weighted by molar-refractivity contribution is 0.0959. The van der Waals surface area contributed by atoms with E-state index in [1.807, 2.05) is 0 Å². The van der Waals surface area contributed by atoms with E-state index in [1.165, 1.54) is 12.1 Å². The zero-order valence-electron chi connectivity index (χ0n) is 8.43. The van der Waals surface area contributed by atoms with Crippen molar-refractivity contribution >= 4 is 21.7 Å². The molecule has 15 heavy (non-hydrogen) atoms. The largest absolute Gasteiger partial charge is 0.385 e. The molecule has 0 unspecified atom stereocenters. The fourth-order valence-electron chi connectivity index (χ4n) is 1.22. The molecule has 1 rings (SSSR count). The van der Waals surface area contributed by atoms with Gasteiger partial charge in [0.2, 0.25) is 0 Å². The van der Waals surface area contributed by atoms with Gasteiger partial charge >= 0.3 is 0 Å². The fourth-order valence-corrected chi connectivity index (χ4v) is 1.58. The van der Waals surface area contributed by atoms with E-state index in [0.29, 0.717) is 23.9 Å². The quantitative estimate of drug-likeness (QED) is 0.609. The van der Waals surface area contributed by atoms with Gasteiger partial charge in [-0.2, -0.15) is 0 Å². The van der Waals surface area contributed by atoms with Gasteiger partial charge in [-0.25, -0.2) is 4.39 Å². The highest BCUT2D eigenvalue weighted by molar-refractivity contribution is 9.10. The van der Waals surface area contributed by atoms with Gasteiger partial charge in [0.25, 0.3) is 0 Å². The van der Waals surface area contributed by atoms with E-state index in [9.17, 15) is 9.18 Å². The van der Waals surface area contributed by atoms with Gasteiger partial charge in [0.15, 0.2) is 5.78 Å². The molecule has 0 aliphatic heterocycles. The van der Waals surface area contributed by atoms with Gasteiger partial charge in [-0.15, -0.1) is 0 Å². The lowest BCUT2D eigenvalue weighted by Gasteiger charge is -2.03. The summed E-state index contributed by atoms with van der Waals surface area (Å²) in [5.41, 5.74) is 0.139. The third-order valence-electron chi connectivity index (χ3n) is 1.98. The third-order valence-corrected chi connectivity index (χ3v) is 2.47. The molecule has 0 amide bonds. The van der Waals surface area contributed by atoms with Crippen molar-refractivity contribution < 1.29 is 13.9 Å². The summed E-state index contributed by atoms with van der Waals surface area (Å²) in [6.07, 6.45) is 0.919. The predicted molar refractivity (Wildman–Crippen MR) is 59.5 cm³/mol. The highest BCUT2D eigenvalue weighted by Crippen LogP contribution is 2.17. The summed E-state index contributed by atoms with van der Waals surface area (Å²) in [4.78, 5) is 11.6. The van der Waals surface area contributed by atoms with Crippen molar-refractivity contribution in [3.05, 3.63) is 34.1 Å². The van der Waals surface area contributed by atoms with Gasteiger partial charge in [-0.1, -0.05) is 15.9 Å². The normalized spacial score (nSPS) is 10.3. The second-order valence-corrected chi connectivity index (χ2v) is 4.06. The number of carbonyl (C=O) groups excluding carboxylic acids is 1. The van der Waals surface area contributed by atoms with Crippen molar-refractivity contribution in [2.45, 2.75) is 12.8 Å². The Morgan fingerprint density at radius 1 is 1.53 bits per heavy atom. The summed E-state index contributed by atoms with van der Waals surface area (Å²) >= 11 is 3.20. The first-order valence-electron chi connectivity index (χ1n) is 4.62. The van der Waals surface area contributed by atoms with Gasteiger partial charge in [-0.3, -0.25) is 4.79 Å². The molecule has 0 radical (unpaired) electrons. The second kappa shape index (κ2) is 5.98. The minimum atomic E-state index is -0.472. The molecular formula is C11H12BrFO2. The molecule has 0 bridgehead atoms. The predicted octanol–water partition coefficient (Wildman–Crippen LogP) is 3.20. The average Bonchev–Trinajstić information content (AvgIpc) is 2.22. The van der Waals surface area contributed by atoms with Crippen LogP contribution in [0.1, 0.15) is 23.2 Å². The maximum absolute atomic E-state index is 13.3. The van der Waals surface area contributed by atoms with Crippen molar-refractivity contribution in [3.8, 4) is 0 Å². The van der Waals surface area contributed by atoms with Gasteiger partial charge in [-0.05, 0) is 24.6 Å². The number of carbonyl (C=O) groups is 1. The SMILES string of the molecule is COCCCC(=O)c1cc(Br)ccc1F. The van der Waals surface area contributed by atoms with Gasteiger partial charge in [0.1, 0.15) is 5.82 Å². The molecule has 0 aromatic heterocycles. The molecule has 1 aromatic carbocycles. The average molecular weight is 275 g/mol. The lowest BCUT2D eigenvalue weighted by atomic mass is 10.1. The van der Waals surface area contributed by atoms with E-state index in [1.54, 1.807) is 13.2 Å². The van der Waals surface area contributed by atoms with Crippen LogP contribution >= 0.6 is 15.9 Å². The molecule has 0 aliphatic carbocycles. The van der Waals surface area contributed by atoms with Gasteiger partial charge in [0, 0.05) is 24.6 Å². The molecule has 0 spiro atoms. The van der Waals surface area contributed by atoms with E-state index in [-0.39, 0.29) is 11.3 Å². The van der Waals surface area contributed by atoms with Gasteiger partial charge in [0.05, 0.1) is 5.56 Å². The molecular weight excluding hydrogens is 263 g/mol. The third kappa shape index (κ3) is 3.72. The summed E-state index contributed by atoms with van der Waals surface area (Å²) in [6.45, 7) is 0.515. The maximum atomic E-state index is 13.3. The van der Waals surface area contributed by atoms with Crippen molar-refractivity contribution in [1.82, 2.24) is 0 Å². The van der Waals surface area contributed by atoms with E-state index in [4.69, 9.17) is 4.74 Å². The Balaban J connectivity index is 2.68. The Morgan fingerprint density at radius 3 is 2.93 bits per heavy atom. The van der Waals surface area contributed by atoms with E-state index in [2.05, 4.69) is 15.9 Å². The minimum Gasteiger partial charge on any atom is -0.385 e. The Morgan fingerprint density at radius 2 is 2.27 bits per heavy atom. The van der Waals surface area contributed by atoms with E-state index < -0.39 is 5.82 Å². The number of hydrogen-bond acceptors (Lipinski definition) is 2. The van der Waals surface area contributed by atoms with Crippen LogP contribution in [0.2, 0.25) is 0 Å². The summed E-state index contributed by atoms with van der Waals surface area (Å²) in [5, 5.41) is 0. The van der Waals surface area contributed by atoms with Crippen molar-refractivity contribution in [1.29, 1.82) is 0 Å². The Kier molecular flexibility index (Phi) is 4.91. The molecule has 0 fully saturated rings. The van der Waals surface area contributed by atoms with Crippen LogP contribution in [0, 0.1) is 5.82 Å². The Bertz CT molecular complexity index is 352. The number of hydrogen-bond donors (Lipinski definition) is 0. The fraction of sp³-hybridized carbons (Fsp3) is 0.364. The molecule has 4 heteroatoms. The molecule has 0 N–H and O–H groups in total. The topological polar surface area (TPSA) is 26.3 Å². The summed E-state index contributed by atoms with van der Waals surface area (Å²) in [7, 11) is 1.57. The first-order chi connectivity index (χ1) is 7.15. The lowest BCUT2D eigenvalue weighted by Crippen LogP contribution is -2.04. The molecule has 2 nitrogen and oxygen atoms in total. The Labute approximate surface area is 96.6 Å². The van der Waals surface area contributed by atoms with Crippen LogP contribution < -0.4 is 0 Å². The van der Waals surface area contributed by atoms with Crippen LogP contribution in [-0.2, 0) is 4.74 Å². The molecule has 0 aliphatic rings. The summed E-state index contributed by atoms with van der Waals surface area (Å²) in [5.74, 6) is -0.661. The number of ether oxygens (including phenoxy) is 1. The maximum Gasteiger partial charge on any atom is 0.165 e. The number of rotatable bonds is 5. The zero-order chi connectivity index (χ0) is 11.3. The monoisotopic (exact) mass is 274 g/mol. The van der Waals surface area contributed by atoms with Crippen LogP contribution in [0.3, 0.4) is 0 Å². The first-order valence-corrected chi connectivity index (χ1v) is 5.41. The number of methoxy groups -OCH3 is 1. The highest BCUT2D eigenvalue weighted by atomic mass is 79.9. The van der Waals surface area contributed by atoms with Crippen LogP contribution in [0.4, 0.5) is 4.39 Å². The minimum absolute atomic E-state index is 0.139. The first kappa shape index (κ1) is 12.3. The molecule has 0 saturated heterocycles. The van der Waals surface area contributed by atoms with Crippen LogP contribution in [-0.4, -0.2) is 19.5 Å². The zero-order valence-corrected chi connectivity index (χ0v) is 10.0. The summed E-state index contributed by atoms with van der Waals surface area (Å²) in [6, 6.07) is 4.36. The smallest absolute Gasteiger partial charge is 0.165 e. The highest BCUT2D eigenvalue weighted by Gasteiger charge is 2.11. The summed E-state index contributed by atoms with van der Waals surface area (Å²) < 4.78 is 18.8. The molecule has 1 aromatic rings. The standard InChI is InChI=1S/C11H12BrFO2/c1-15-6-2-3-11(14)9-7-8(12)4-5-10(9)13/h4-5,7H,2-3,6H2,1H3. The number of ketones is 1. The van der Waals surface area contributed by atoms with E-state index >= 15 is 0 Å². The molecule has 0 heterocycles. The number of Topliss-reactive ketones (excluding diaryl/α,β-unsaturated/α-hetero) is 1. The number of halogens is 2. The van der Waals surface area contributed by atoms with Crippen LogP contribution in [0.25, 0.3) is 0 Å². The Hall–Kier alpha value is -0.740. The molecule has 82 valence electrons. The van der Waals surface area contributed by atoms with E-state index in [0.717, 1.165) is 0 Å². The van der Waals surface area contributed by atoms with Crippen molar-refractivity contribution in [2.75, 3.05) is 13.7 Å². The van der Waals surface area contributed by atoms with Crippen LogP contribution in [0.5, 0.6) is 0 Å². The second-order valence-electron chi connectivity index (χ2n) is 3.14. The van der Waals surface area contributed by atoms with Crippen LogP contribution in [0.15, 0.2) is 22.7 Å². The number of benzene rings is 1. The van der Waals surface area contributed by atoms with Gasteiger partial charge < -0.3 is 4.74 Å². The van der Waals surface area contributed by atoms with Crippen molar-refractivity contribution in [2.24, 2.45) is 0 Å².